The maximum absolute atomic E-state index is 11.1. The minimum atomic E-state index is -0.480. The van der Waals surface area contributed by atoms with E-state index < -0.39 is 5.91 Å². The summed E-state index contributed by atoms with van der Waals surface area (Å²) in [5, 5.41) is 12.7. The summed E-state index contributed by atoms with van der Waals surface area (Å²) in [5.41, 5.74) is 2.14. The second-order valence-corrected chi connectivity index (χ2v) is 4.03. The first-order valence-corrected chi connectivity index (χ1v) is 5.36. The Hall–Kier alpha value is -1.44. The lowest BCUT2D eigenvalue weighted by molar-refractivity contribution is 0.0944. The molecular weight excluding hydrogens is 224 g/mol. The van der Waals surface area contributed by atoms with E-state index in [1.54, 1.807) is 13.0 Å². The zero-order chi connectivity index (χ0) is 12.8. The van der Waals surface area contributed by atoms with E-state index in [1.807, 2.05) is 17.4 Å². The Labute approximate surface area is 99.5 Å². The number of nitrogens with two attached hydrogens (primary N) is 1. The number of amides is 1. The van der Waals surface area contributed by atoms with Gasteiger partial charge in [-0.2, -0.15) is 0 Å². The van der Waals surface area contributed by atoms with Crippen molar-refractivity contribution < 1.29 is 14.4 Å². The lowest BCUT2D eigenvalue weighted by Gasteiger charge is -2.15. The van der Waals surface area contributed by atoms with Crippen molar-refractivity contribution in [3.63, 3.8) is 0 Å². The predicted octanol–water partition coefficient (Wildman–Crippen LogP) is -0.519. The van der Waals surface area contributed by atoms with Gasteiger partial charge in [-0.15, -0.1) is 0 Å². The number of nitrogens with zero attached hydrogens (tertiary/aromatic N) is 2. The minimum absolute atomic E-state index is 0.159. The summed E-state index contributed by atoms with van der Waals surface area (Å²) in [7, 11) is 1.90. The highest BCUT2D eigenvalue weighted by atomic mass is 16.5. The number of aliphatic hydroxyl groups is 1. The van der Waals surface area contributed by atoms with Crippen LogP contribution in [-0.4, -0.2) is 40.8 Å². The Kier molecular flexibility index (Phi) is 5.08. The number of nitrogens with one attached hydrogen (secondary N) is 1. The molecule has 1 rings (SSSR count). The highest BCUT2D eigenvalue weighted by Gasteiger charge is 2.12. The largest absolute Gasteiger partial charge is 0.393 e. The van der Waals surface area contributed by atoms with E-state index in [2.05, 4.69) is 5.16 Å². The van der Waals surface area contributed by atoms with Crippen molar-refractivity contribution in [2.24, 2.45) is 5.84 Å². The van der Waals surface area contributed by atoms with Crippen molar-refractivity contribution in [1.82, 2.24) is 15.5 Å². The maximum Gasteiger partial charge on any atom is 0.287 e. The minimum Gasteiger partial charge on any atom is -0.393 e. The zero-order valence-corrected chi connectivity index (χ0v) is 10.0. The molecule has 1 heterocycles. The van der Waals surface area contributed by atoms with Crippen LogP contribution in [0, 0.1) is 0 Å². The fourth-order valence-electron chi connectivity index (χ4n) is 1.32. The van der Waals surface area contributed by atoms with E-state index in [-0.39, 0.29) is 11.8 Å². The fourth-order valence-corrected chi connectivity index (χ4v) is 1.32. The highest BCUT2D eigenvalue weighted by molar-refractivity contribution is 5.91. The summed E-state index contributed by atoms with van der Waals surface area (Å²) in [5.74, 6) is 5.08. The third-order valence-corrected chi connectivity index (χ3v) is 2.28. The van der Waals surface area contributed by atoms with Crippen LogP contribution < -0.4 is 11.3 Å². The molecular formula is C10H18N4O3. The van der Waals surface area contributed by atoms with Crippen molar-refractivity contribution in [1.29, 1.82) is 0 Å². The van der Waals surface area contributed by atoms with Crippen molar-refractivity contribution in [2.45, 2.75) is 26.0 Å². The Morgan fingerprint density at radius 2 is 2.47 bits per heavy atom. The van der Waals surface area contributed by atoms with Gasteiger partial charge in [0.15, 0.2) is 11.5 Å². The Bertz CT molecular complexity index is 364. The van der Waals surface area contributed by atoms with Crippen molar-refractivity contribution >= 4 is 5.91 Å². The van der Waals surface area contributed by atoms with E-state index in [0.29, 0.717) is 18.7 Å². The van der Waals surface area contributed by atoms with Gasteiger partial charge in [-0.3, -0.25) is 15.1 Å². The van der Waals surface area contributed by atoms with Crippen LogP contribution in [0.2, 0.25) is 0 Å². The van der Waals surface area contributed by atoms with E-state index in [9.17, 15) is 4.79 Å². The molecule has 0 radical (unpaired) electrons. The first-order chi connectivity index (χ1) is 8.02. The number of nitrogen functional groups attached to an aromatic ring is 1. The quantitative estimate of drug-likeness (QED) is 0.352. The lowest BCUT2D eigenvalue weighted by atomic mass is 10.2. The molecule has 7 heteroatoms. The molecule has 1 aromatic rings. The second-order valence-electron chi connectivity index (χ2n) is 4.03. The third kappa shape index (κ3) is 4.51. The van der Waals surface area contributed by atoms with Crippen molar-refractivity contribution in [3.05, 3.63) is 17.5 Å². The van der Waals surface area contributed by atoms with Crippen LogP contribution in [0.1, 0.15) is 29.6 Å². The van der Waals surface area contributed by atoms with Crippen LogP contribution in [-0.2, 0) is 6.54 Å². The third-order valence-electron chi connectivity index (χ3n) is 2.28. The number of hydrogen-bond donors (Lipinski definition) is 3. The van der Waals surface area contributed by atoms with E-state index in [4.69, 9.17) is 15.5 Å². The Morgan fingerprint density at radius 3 is 3.06 bits per heavy atom. The molecule has 0 saturated heterocycles. The monoisotopic (exact) mass is 242 g/mol. The number of aromatic nitrogens is 1. The van der Waals surface area contributed by atoms with Gasteiger partial charge in [-0.05, 0) is 20.4 Å². The normalized spacial score (nSPS) is 12.8. The number of carbonyl (C=O) groups is 1. The van der Waals surface area contributed by atoms with Gasteiger partial charge in [-0.1, -0.05) is 5.16 Å². The average Bonchev–Trinajstić information content (AvgIpc) is 2.73. The van der Waals surface area contributed by atoms with E-state index in [0.717, 1.165) is 6.54 Å². The molecule has 0 saturated carbocycles. The summed E-state index contributed by atoms with van der Waals surface area (Å²) in [6.07, 6.45) is 0.353. The number of aliphatic hydroxyl groups excluding tert-OH is 1. The molecule has 0 spiro atoms. The van der Waals surface area contributed by atoms with Crippen molar-refractivity contribution in [3.8, 4) is 0 Å². The molecule has 0 aliphatic heterocycles. The van der Waals surface area contributed by atoms with Gasteiger partial charge in [0.2, 0.25) is 0 Å². The molecule has 1 unspecified atom stereocenters. The SMILES string of the molecule is CC(O)CCN(C)Cc1cc(C(=O)NN)no1. The molecule has 0 aliphatic rings. The molecule has 96 valence electrons. The summed E-state index contributed by atoms with van der Waals surface area (Å²) in [6.45, 7) is 3.00. The molecule has 17 heavy (non-hydrogen) atoms. The molecule has 1 aromatic heterocycles. The number of hydrogen-bond acceptors (Lipinski definition) is 6. The molecule has 0 aliphatic carbocycles. The Morgan fingerprint density at radius 1 is 1.76 bits per heavy atom. The lowest BCUT2D eigenvalue weighted by Crippen LogP contribution is -2.30. The summed E-state index contributed by atoms with van der Waals surface area (Å²) in [4.78, 5) is 13.1. The van der Waals surface area contributed by atoms with E-state index in [1.165, 1.54) is 0 Å². The maximum atomic E-state index is 11.1. The predicted molar refractivity (Wildman–Crippen MR) is 60.8 cm³/mol. The summed E-state index contributed by atoms with van der Waals surface area (Å²) in [6, 6.07) is 1.54. The van der Waals surface area contributed by atoms with Crippen LogP contribution in [0.15, 0.2) is 10.6 Å². The van der Waals surface area contributed by atoms with Crippen LogP contribution in [0.25, 0.3) is 0 Å². The zero-order valence-electron chi connectivity index (χ0n) is 10.0. The number of rotatable bonds is 6. The molecule has 1 atom stereocenters. The van der Waals surface area contributed by atoms with Crippen molar-refractivity contribution in [2.75, 3.05) is 13.6 Å². The number of hydrazine groups is 1. The highest BCUT2D eigenvalue weighted by Crippen LogP contribution is 2.07. The first kappa shape index (κ1) is 13.6. The van der Waals surface area contributed by atoms with Crippen LogP contribution in [0.5, 0.6) is 0 Å². The topological polar surface area (TPSA) is 105 Å². The van der Waals surface area contributed by atoms with E-state index >= 15 is 0 Å². The first-order valence-electron chi connectivity index (χ1n) is 5.36. The molecule has 0 fully saturated rings. The molecule has 0 bridgehead atoms. The summed E-state index contributed by atoms with van der Waals surface area (Å²) >= 11 is 0. The molecule has 4 N–H and O–H groups in total. The van der Waals surface area contributed by atoms with Gasteiger partial charge >= 0.3 is 0 Å². The van der Waals surface area contributed by atoms with Crippen LogP contribution in [0.4, 0.5) is 0 Å². The van der Waals surface area contributed by atoms with Crippen LogP contribution in [0.3, 0.4) is 0 Å². The standard InChI is InChI=1S/C10H18N4O3/c1-7(15)3-4-14(2)6-8-5-9(13-17-8)10(16)12-11/h5,7,15H,3-4,6,11H2,1-2H3,(H,12,16). The molecule has 1 amide bonds. The second kappa shape index (κ2) is 6.33. The fraction of sp³-hybridized carbons (Fsp3) is 0.600. The van der Waals surface area contributed by atoms with Gasteiger partial charge in [0.05, 0.1) is 12.6 Å². The molecule has 7 nitrogen and oxygen atoms in total. The smallest absolute Gasteiger partial charge is 0.287 e. The van der Waals surface area contributed by atoms with Gasteiger partial charge < -0.3 is 9.63 Å². The van der Waals surface area contributed by atoms with Gasteiger partial charge in [-0.25, -0.2) is 5.84 Å². The Balaban J connectivity index is 2.46. The van der Waals surface area contributed by atoms with Gasteiger partial charge in [0.25, 0.3) is 5.91 Å². The average molecular weight is 242 g/mol. The molecule has 0 aromatic carbocycles. The van der Waals surface area contributed by atoms with Crippen LogP contribution >= 0.6 is 0 Å². The summed E-state index contributed by atoms with van der Waals surface area (Å²) < 4.78 is 4.99. The van der Waals surface area contributed by atoms with Gasteiger partial charge in [0, 0.05) is 12.6 Å². The van der Waals surface area contributed by atoms with Gasteiger partial charge in [0.1, 0.15) is 0 Å². The number of carbonyl (C=O) groups excluding carboxylic acids is 1.